The van der Waals surface area contributed by atoms with Crippen molar-refractivity contribution in [1.29, 1.82) is 0 Å². The lowest BCUT2D eigenvalue weighted by atomic mass is 10.1. The summed E-state index contributed by atoms with van der Waals surface area (Å²) < 4.78 is 9.36. The van der Waals surface area contributed by atoms with E-state index in [0.29, 0.717) is 12.7 Å². The smallest absolute Gasteiger partial charge is 0.0807 e. The van der Waals surface area contributed by atoms with Gasteiger partial charge in [0.2, 0.25) is 0 Å². The first-order valence-electron chi connectivity index (χ1n) is 8.15. The van der Waals surface area contributed by atoms with Gasteiger partial charge >= 0.3 is 0 Å². The second-order valence-electron chi connectivity index (χ2n) is 5.17. The van der Waals surface area contributed by atoms with Gasteiger partial charge in [0.1, 0.15) is 0 Å². The average Bonchev–Trinajstić information content (AvgIpc) is 3.32. The number of hydrogen-bond donors (Lipinski definition) is 1. The minimum absolute atomic E-state index is 0.370. The van der Waals surface area contributed by atoms with E-state index in [2.05, 4.69) is 18.6 Å². The molecule has 116 valence electrons. The van der Waals surface area contributed by atoms with E-state index in [4.69, 9.17) is 9.84 Å². The fraction of sp³-hybridized carbons (Fsp3) is 1.00. The van der Waals surface area contributed by atoms with Crippen LogP contribution >= 0.6 is 0 Å². The van der Waals surface area contributed by atoms with E-state index in [1.165, 1.54) is 51.4 Å². The van der Waals surface area contributed by atoms with Gasteiger partial charge in [0.25, 0.3) is 0 Å². The lowest BCUT2D eigenvalue weighted by Crippen LogP contribution is -1.83. The molecule has 2 saturated heterocycles. The lowest BCUT2D eigenvalue weighted by Gasteiger charge is -1.98. The lowest BCUT2D eigenvalue weighted by molar-refractivity contribution is 0.282. The summed E-state index contributed by atoms with van der Waals surface area (Å²) in [6.07, 6.45) is 12.2. The largest absolute Gasteiger partial charge is 0.396 e. The molecule has 0 aromatic heterocycles. The average molecular weight is 274 g/mol. The number of rotatable bonds is 9. The van der Waals surface area contributed by atoms with Crippen LogP contribution in [-0.4, -0.2) is 37.6 Å². The summed E-state index contributed by atoms with van der Waals surface area (Å²) in [6.45, 7) is 7.76. The summed E-state index contributed by atoms with van der Waals surface area (Å²) in [5.41, 5.74) is 0. The molecule has 0 radical (unpaired) electrons. The third-order valence-electron chi connectivity index (χ3n) is 3.07. The normalized spacial score (nSPS) is 18.8. The molecule has 3 nitrogen and oxygen atoms in total. The van der Waals surface area contributed by atoms with E-state index in [9.17, 15) is 0 Å². The van der Waals surface area contributed by atoms with Gasteiger partial charge in [-0.3, -0.25) is 0 Å². The highest BCUT2D eigenvalue weighted by molar-refractivity contribution is 4.64. The summed E-state index contributed by atoms with van der Waals surface area (Å²) in [4.78, 5) is 0. The van der Waals surface area contributed by atoms with E-state index in [1.54, 1.807) is 0 Å². The van der Waals surface area contributed by atoms with Crippen LogP contribution in [0.2, 0.25) is 0 Å². The molecule has 2 rings (SSSR count). The summed E-state index contributed by atoms with van der Waals surface area (Å²) in [5.74, 6) is 0. The number of aliphatic hydroxyl groups is 1. The molecular formula is C16H34O3. The van der Waals surface area contributed by atoms with Crippen LogP contribution < -0.4 is 0 Å². The molecule has 2 fully saturated rings. The molecule has 0 saturated carbocycles. The number of unbranched alkanes of at least 4 members (excludes halogenated alkanes) is 7. The number of aliphatic hydroxyl groups excluding tert-OH is 1. The molecule has 0 aromatic rings. The molecule has 0 aliphatic carbocycles. The van der Waals surface area contributed by atoms with E-state index >= 15 is 0 Å². The maximum atomic E-state index is 8.51. The first-order chi connectivity index (χ1) is 9.35. The van der Waals surface area contributed by atoms with E-state index in [-0.39, 0.29) is 0 Å². The third-order valence-corrected chi connectivity index (χ3v) is 3.07. The number of hydrogen-bond acceptors (Lipinski definition) is 3. The van der Waals surface area contributed by atoms with Gasteiger partial charge in [-0.05, 0) is 12.8 Å². The zero-order chi connectivity index (χ0) is 14.2. The Morgan fingerprint density at radius 1 is 0.895 bits per heavy atom. The summed E-state index contributed by atoms with van der Waals surface area (Å²) >= 11 is 0. The van der Waals surface area contributed by atoms with Crippen molar-refractivity contribution in [3.8, 4) is 0 Å². The third kappa shape index (κ3) is 23.4. The SMILES string of the molecule is C1CO1.CCC1CO1.CCCCCCCCCCO. The van der Waals surface area contributed by atoms with Crippen molar-refractivity contribution in [2.24, 2.45) is 0 Å². The summed E-state index contributed by atoms with van der Waals surface area (Å²) in [7, 11) is 0. The Balaban J connectivity index is 0.000000323. The Labute approximate surface area is 119 Å². The Morgan fingerprint density at radius 2 is 1.37 bits per heavy atom. The second kappa shape index (κ2) is 15.9. The van der Waals surface area contributed by atoms with Crippen LogP contribution in [0.1, 0.15) is 71.6 Å². The molecular weight excluding hydrogens is 240 g/mol. The van der Waals surface area contributed by atoms with E-state index in [1.807, 2.05) is 0 Å². The van der Waals surface area contributed by atoms with Crippen LogP contribution in [0.5, 0.6) is 0 Å². The van der Waals surface area contributed by atoms with Crippen LogP contribution in [0.4, 0.5) is 0 Å². The molecule has 0 amide bonds. The maximum Gasteiger partial charge on any atom is 0.0807 e. The minimum Gasteiger partial charge on any atom is -0.396 e. The van der Waals surface area contributed by atoms with Gasteiger partial charge in [-0.25, -0.2) is 0 Å². The Bertz CT molecular complexity index is 145. The highest BCUT2D eigenvalue weighted by atomic mass is 16.6. The second-order valence-corrected chi connectivity index (χ2v) is 5.17. The fourth-order valence-corrected chi connectivity index (χ4v) is 1.55. The minimum atomic E-state index is 0.370. The van der Waals surface area contributed by atoms with Crippen LogP contribution in [0.3, 0.4) is 0 Å². The van der Waals surface area contributed by atoms with E-state index < -0.39 is 0 Å². The van der Waals surface area contributed by atoms with Crippen LogP contribution in [0.25, 0.3) is 0 Å². The molecule has 1 atom stereocenters. The van der Waals surface area contributed by atoms with Gasteiger partial charge in [0.15, 0.2) is 0 Å². The predicted octanol–water partition coefficient (Wildman–Crippen LogP) is 3.93. The maximum absolute atomic E-state index is 8.51. The van der Waals surface area contributed by atoms with Crippen molar-refractivity contribution in [2.75, 3.05) is 26.4 Å². The molecule has 0 bridgehead atoms. The molecule has 2 heterocycles. The molecule has 1 unspecified atom stereocenters. The molecule has 19 heavy (non-hydrogen) atoms. The molecule has 3 heteroatoms. The van der Waals surface area contributed by atoms with Crippen molar-refractivity contribution >= 4 is 0 Å². The van der Waals surface area contributed by atoms with Crippen LogP contribution in [-0.2, 0) is 9.47 Å². The first kappa shape index (κ1) is 18.9. The summed E-state index contributed by atoms with van der Waals surface area (Å²) in [6, 6.07) is 0. The van der Waals surface area contributed by atoms with Gasteiger partial charge in [-0.1, -0.05) is 58.8 Å². The molecule has 0 aromatic carbocycles. The van der Waals surface area contributed by atoms with E-state index in [0.717, 1.165) is 26.2 Å². The zero-order valence-electron chi connectivity index (χ0n) is 13.0. The zero-order valence-corrected chi connectivity index (χ0v) is 13.0. The monoisotopic (exact) mass is 274 g/mol. The standard InChI is InChI=1S/C10H22O.C4H8O.C2H4O/c1-2-3-4-5-6-7-8-9-10-11;1-2-4-3-5-4;1-2-3-1/h11H,2-10H2,1H3;4H,2-3H2,1H3;1-2H2. The summed E-state index contributed by atoms with van der Waals surface area (Å²) in [5, 5.41) is 8.51. The van der Waals surface area contributed by atoms with Gasteiger partial charge in [-0.2, -0.15) is 0 Å². The van der Waals surface area contributed by atoms with Crippen molar-refractivity contribution in [2.45, 2.75) is 77.7 Å². The van der Waals surface area contributed by atoms with Crippen molar-refractivity contribution in [3.63, 3.8) is 0 Å². The molecule has 2 aliphatic heterocycles. The van der Waals surface area contributed by atoms with Gasteiger partial charge in [0.05, 0.1) is 25.9 Å². The quantitative estimate of drug-likeness (QED) is 0.512. The van der Waals surface area contributed by atoms with Crippen LogP contribution in [0, 0.1) is 0 Å². The highest BCUT2D eigenvalue weighted by Crippen LogP contribution is 2.11. The number of ether oxygens (including phenoxy) is 2. The van der Waals surface area contributed by atoms with Gasteiger partial charge in [0, 0.05) is 6.61 Å². The number of epoxide rings is 2. The Hall–Kier alpha value is -0.120. The highest BCUT2D eigenvalue weighted by Gasteiger charge is 2.18. The van der Waals surface area contributed by atoms with Crippen molar-refractivity contribution in [3.05, 3.63) is 0 Å². The Morgan fingerprint density at radius 3 is 1.63 bits per heavy atom. The van der Waals surface area contributed by atoms with Crippen LogP contribution in [0.15, 0.2) is 0 Å². The predicted molar refractivity (Wildman–Crippen MR) is 80.5 cm³/mol. The van der Waals surface area contributed by atoms with Gasteiger partial charge < -0.3 is 14.6 Å². The molecule has 0 spiro atoms. The van der Waals surface area contributed by atoms with Crippen molar-refractivity contribution in [1.82, 2.24) is 0 Å². The topological polar surface area (TPSA) is 45.3 Å². The molecule has 1 N–H and O–H groups in total. The van der Waals surface area contributed by atoms with Crippen molar-refractivity contribution < 1.29 is 14.6 Å². The van der Waals surface area contributed by atoms with Gasteiger partial charge in [-0.15, -0.1) is 0 Å². The molecule has 2 aliphatic rings. The first-order valence-corrected chi connectivity index (χ1v) is 8.15. The Kier molecular flexibility index (Phi) is 15.8. The fourth-order valence-electron chi connectivity index (χ4n) is 1.55.